The first-order valence-corrected chi connectivity index (χ1v) is 4.21. The topological polar surface area (TPSA) is 0 Å². The zero-order valence-electron chi connectivity index (χ0n) is 6.35. The second-order valence-electron chi connectivity index (χ2n) is 2.35. The molecule has 0 saturated carbocycles. The molecule has 0 saturated heterocycles. The molecule has 0 aromatic heterocycles. The van der Waals surface area contributed by atoms with Gasteiger partial charge in [0.2, 0.25) is 0 Å². The minimum absolute atomic E-state index is 0.906. The molecule has 0 radical (unpaired) electrons. The highest BCUT2D eigenvalue weighted by atomic mass is 32.1. The quantitative estimate of drug-likeness (QED) is 0.350. The Bertz CT molecular complexity index is 84.6. The van der Waals surface area contributed by atoms with E-state index in [9.17, 15) is 0 Å². The molecule has 0 aliphatic carbocycles. The Morgan fingerprint density at radius 1 is 1.56 bits per heavy atom. The molecule has 0 heterocycles. The third kappa shape index (κ3) is 5.97. The fourth-order valence-corrected chi connectivity index (χ4v) is 0.746. The van der Waals surface area contributed by atoms with Gasteiger partial charge in [-0.05, 0) is 13.3 Å². The summed E-state index contributed by atoms with van der Waals surface area (Å²) in [7, 11) is 0. The van der Waals surface area contributed by atoms with Gasteiger partial charge in [-0.15, -0.1) is 0 Å². The number of thiol groups is 1. The van der Waals surface area contributed by atoms with Crippen molar-refractivity contribution in [3.8, 4) is 0 Å². The van der Waals surface area contributed by atoms with Crippen molar-refractivity contribution in [3.63, 3.8) is 0 Å². The van der Waals surface area contributed by atoms with Gasteiger partial charge < -0.3 is 0 Å². The minimum atomic E-state index is 0.906. The summed E-state index contributed by atoms with van der Waals surface area (Å²) in [6.07, 6.45) is 6.10. The van der Waals surface area contributed by atoms with E-state index in [2.05, 4.69) is 32.6 Å². The fraction of sp³-hybridized carbons (Fsp3) is 0.750. The van der Waals surface area contributed by atoms with Crippen LogP contribution in [0.15, 0.2) is 11.6 Å². The van der Waals surface area contributed by atoms with E-state index in [1.807, 2.05) is 0 Å². The highest BCUT2D eigenvalue weighted by molar-refractivity contribution is 7.80. The first-order chi connectivity index (χ1) is 4.31. The van der Waals surface area contributed by atoms with E-state index < -0.39 is 0 Å². The molecule has 0 atom stereocenters. The van der Waals surface area contributed by atoms with Crippen molar-refractivity contribution in [1.82, 2.24) is 0 Å². The van der Waals surface area contributed by atoms with E-state index >= 15 is 0 Å². The Balaban J connectivity index is 3.21. The van der Waals surface area contributed by atoms with Crippen LogP contribution < -0.4 is 0 Å². The Labute approximate surface area is 63.8 Å². The van der Waals surface area contributed by atoms with E-state index in [0.29, 0.717) is 0 Å². The molecule has 1 heteroatoms. The van der Waals surface area contributed by atoms with Gasteiger partial charge in [0.25, 0.3) is 0 Å². The van der Waals surface area contributed by atoms with Gasteiger partial charge in [-0.1, -0.05) is 31.4 Å². The summed E-state index contributed by atoms with van der Waals surface area (Å²) in [5, 5.41) is 0. The van der Waals surface area contributed by atoms with Gasteiger partial charge in [-0.2, -0.15) is 12.6 Å². The lowest BCUT2D eigenvalue weighted by Gasteiger charge is -1.92. The second-order valence-corrected chi connectivity index (χ2v) is 2.67. The molecule has 0 unspecified atom stereocenters. The summed E-state index contributed by atoms with van der Waals surface area (Å²) >= 11 is 4.15. The SMILES string of the molecule is CCCC/C=C(\C)CS. The lowest BCUT2D eigenvalue weighted by Crippen LogP contribution is -1.76. The predicted molar refractivity (Wildman–Crippen MR) is 47.1 cm³/mol. The molecular formula is C8H16S. The molecule has 0 aliphatic rings. The highest BCUT2D eigenvalue weighted by Gasteiger charge is 1.82. The average molecular weight is 144 g/mol. The summed E-state index contributed by atoms with van der Waals surface area (Å²) in [6.45, 7) is 4.34. The molecule has 0 aromatic carbocycles. The predicted octanol–water partition coefficient (Wildman–Crippen LogP) is 3.05. The summed E-state index contributed by atoms with van der Waals surface area (Å²) < 4.78 is 0. The van der Waals surface area contributed by atoms with E-state index in [1.54, 1.807) is 0 Å². The summed E-state index contributed by atoms with van der Waals surface area (Å²) in [4.78, 5) is 0. The van der Waals surface area contributed by atoms with Gasteiger partial charge in [-0.3, -0.25) is 0 Å². The van der Waals surface area contributed by atoms with Crippen LogP contribution in [-0.2, 0) is 0 Å². The molecule has 54 valence electrons. The number of hydrogen-bond acceptors (Lipinski definition) is 1. The molecule has 0 bridgehead atoms. The zero-order valence-corrected chi connectivity index (χ0v) is 7.25. The molecule has 0 aliphatic heterocycles. The van der Waals surface area contributed by atoms with Crippen molar-refractivity contribution in [2.75, 3.05) is 5.75 Å². The smallest absolute Gasteiger partial charge is 0.0110 e. The lowest BCUT2D eigenvalue weighted by molar-refractivity contribution is 0.811. The highest BCUT2D eigenvalue weighted by Crippen LogP contribution is 2.01. The van der Waals surface area contributed by atoms with Crippen LogP contribution in [0.2, 0.25) is 0 Å². The van der Waals surface area contributed by atoms with E-state index in [1.165, 1.54) is 24.8 Å². The van der Waals surface area contributed by atoms with Crippen LogP contribution in [0.4, 0.5) is 0 Å². The van der Waals surface area contributed by atoms with Crippen LogP contribution in [0.5, 0.6) is 0 Å². The van der Waals surface area contributed by atoms with Gasteiger partial charge in [0.05, 0.1) is 0 Å². The normalized spacial score (nSPS) is 12.1. The van der Waals surface area contributed by atoms with Crippen LogP contribution in [0.25, 0.3) is 0 Å². The summed E-state index contributed by atoms with van der Waals surface area (Å²) in [5.41, 5.74) is 1.40. The van der Waals surface area contributed by atoms with Crippen LogP contribution in [0.1, 0.15) is 33.1 Å². The number of hydrogen-bond donors (Lipinski definition) is 1. The largest absolute Gasteiger partial charge is 0.175 e. The van der Waals surface area contributed by atoms with Gasteiger partial charge in [0.15, 0.2) is 0 Å². The lowest BCUT2D eigenvalue weighted by atomic mass is 10.2. The minimum Gasteiger partial charge on any atom is -0.175 e. The van der Waals surface area contributed by atoms with Gasteiger partial charge in [0.1, 0.15) is 0 Å². The Hall–Kier alpha value is 0.0900. The van der Waals surface area contributed by atoms with Gasteiger partial charge >= 0.3 is 0 Å². The van der Waals surface area contributed by atoms with Gasteiger partial charge in [0, 0.05) is 5.75 Å². The number of unbranched alkanes of at least 4 members (excludes halogenated alkanes) is 2. The third-order valence-electron chi connectivity index (χ3n) is 1.30. The maximum Gasteiger partial charge on any atom is 0.0110 e. The molecule has 0 nitrogen and oxygen atoms in total. The van der Waals surface area contributed by atoms with Crippen LogP contribution in [0, 0.1) is 0 Å². The van der Waals surface area contributed by atoms with Crippen molar-refractivity contribution >= 4 is 12.6 Å². The fourth-order valence-electron chi connectivity index (χ4n) is 0.617. The average Bonchev–Trinajstić information content (AvgIpc) is 1.89. The number of allylic oxidation sites excluding steroid dienone is 1. The zero-order chi connectivity index (χ0) is 7.11. The van der Waals surface area contributed by atoms with E-state index in [4.69, 9.17) is 0 Å². The van der Waals surface area contributed by atoms with Crippen molar-refractivity contribution in [2.24, 2.45) is 0 Å². The van der Waals surface area contributed by atoms with E-state index in [0.717, 1.165) is 5.75 Å². The van der Waals surface area contributed by atoms with Crippen molar-refractivity contribution < 1.29 is 0 Å². The number of rotatable bonds is 4. The molecule has 0 N–H and O–H groups in total. The standard InChI is InChI=1S/C8H16S/c1-3-4-5-6-8(2)7-9/h6,9H,3-5,7H2,1-2H3/b8-6+. The maximum absolute atomic E-state index is 4.15. The Morgan fingerprint density at radius 3 is 2.67 bits per heavy atom. The van der Waals surface area contributed by atoms with Crippen molar-refractivity contribution in [2.45, 2.75) is 33.1 Å². The first kappa shape index (κ1) is 9.09. The molecule has 0 aromatic rings. The van der Waals surface area contributed by atoms with Crippen molar-refractivity contribution in [3.05, 3.63) is 11.6 Å². The van der Waals surface area contributed by atoms with Gasteiger partial charge in [-0.25, -0.2) is 0 Å². The summed E-state index contributed by atoms with van der Waals surface area (Å²) in [6, 6.07) is 0. The first-order valence-electron chi connectivity index (χ1n) is 3.57. The molecular weight excluding hydrogens is 128 g/mol. The summed E-state index contributed by atoms with van der Waals surface area (Å²) in [5.74, 6) is 0.906. The van der Waals surface area contributed by atoms with Crippen LogP contribution in [0.3, 0.4) is 0 Å². The Morgan fingerprint density at radius 2 is 2.22 bits per heavy atom. The van der Waals surface area contributed by atoms with Crippen LogP contribution in [-0.4, -0.2) is 5.75 Å². The molecule has 0 rings (SSSR count). The van der Waals surface area contributed by atoms with Crippen molar-refractivity contribution in [1.29, 1.82) is 0 Å². The Kier molecular flexibility index (Phi) is 6.28. The van der Waals surface area contributed by atoms with Crippen LogP contribution >= 0.6 is 12.6 Å². The molecule has 0 fully saturated rings. The molecule has 9 heavy (non-hydrogen) atoms. The monoisotopic (exact) mass is 144 g/mol. The molecule has 0 amide bonds. The van der Waals surface area contributed by atoms with E-state index in [-0.39, 0.29) is 0 Å². The second kappa shape index (κ2) is 6.21. The maximum atomic E-state index is 4.15. The molecule has 0 spiro atoms. The third-order valence-corrected chi connectivity index (χ3v) is 1.80.